The number of hydrogen-bond donors (Lipinski definition) is 3. The number of fused-ring (bicyclic) bond motifs is 1. The van der Waals surface area contributed by atoms with Crippen molar-refractivity contribution >= 4 is 5.91 Å². The van der Waals surface area contributed by atoms with Crippen molar-refractivity contribution in [3.63, 3.8) is 0 Å². The number of nitrogens with one attached hydrogen (secondary N) is 1. The van der Waals surface area contributed by atoms with E-state index in [0.29, 0.717) is 24.2 Å². The Kier molecular flexibility index (Phi) is 6.89. The summed E-state index contributed by atoms with van der Waals surface area (Å²) in [6.07, 6.45) is 12.5. The molecular formula is C27H45NO3. The van der Waals surface area contributed by atoms with Gasteiger partial charge in [0, 0.05) is 19.1 Å². The lowest BCUT2D eigenvalue weighted by Crippen LogP contribution is -2.54. The van der Waals surface area contributed by atoms with E-state index in [-0.39, 0.29) is 41.3 Å². The van der Waals surface area contributed by atoms with E-state index in [9.17, 15) is 15.0 Å². The maximum Gasteiger partial charge on any atom is 0.223 e. The van der Waals surface area contributed by atoms with Crippen molar-refractivity contribution in [1.29, 1.82) is 0 Å². The van der Waals surface area contributed by atoms with Crippen molar-refractivity contribution in [1.82, 2.24) is 5.32 Å². The molecule has 7 atom stereocenters. The number of aliphatic hydroxyl groups excluding tert-OH is 2. The van der Waals surface area contributed by atoms with E-state index in [0.717, 1.165) is 45.1 Å². The molecule has 4 nitrogen and oxygen atoms in total. The molecule has 4 rings (SSSR count). The van der Waals surface area contributed by atoms with Gasteiger partial charge in [-0.2, -0.15) is 0 Å². The van der Waals surface area contributed by atoms with Gasteiger partial charge in [0.15, 0.2) is 0 Å². The predicted octanol–water partition coefficient (Wildman–Crippen LogP) is 4.84. The van der Waals surface area contributed by atoms with Gasteiger partial charge in [0.1, 0.15) is 0 Å². The second-order valence-electron chi connectivity index (χ2n) is 11.9. The maximum atomic E-state index is 13.0. The summed E-state index contributed by atoms with van der Waals surface area (Å²) in [4.78, 5) is 13.0. The molecule has 0 aromatic carbocycles. The standard InChI is InChI=1S/C27H45NO3/c1-18-9-10-23-22(16-28-25(31)19-7-5-4-6-8-19)24(12-14-26(18,23)2)27(3)13-11-21(30)15-20(27)17-29/h19-24,29-30H,1,4-17H2,2-3H3,(H,28,31)/t20-,21+,22+,23+,24+,26-,27+/m1/s1. The zero-order chi connectivity index (χ0) is 22.2. The molecule has 4 fully saturated rings. The molecule has 0 aromatic heterocycles. The molecule has 0 heterocycles. The number of carbonyl (C=O) groups is 1. The predicted molar refractivity (Wildman–Crippen MR) is 124 cm³/mol. The lowest BCUT2D eigenvalue weighted by atomic mass is 9.49. The summed E-state index contributed by atoms with van der Waals surface area (Å²) >= 11 is 0. The van der Waals surface area contributed by atoms with Gasteiger partial charge in [-0.3, -0.25) is 4.79 Å². The monoisotopic (exact) mass is 431 g/mol. The number of carbonyl (C=O) groups excluding carboxylic acids is 1. The second kappa shape index (κ2) is 9.17. The zero-order valence-corrected chi connectivity index (χ0v) is 19.9. The quantitative estimate of drug-likeness (QED) is 0.546. The minimum atomic E-state index is -0.283. The molecule has 4 aliphatic rings. The van der Waals surface area contributed by atoms with Gasteiger partial charge in [-0.25, -0.2) is 0 Å². The van der Waals surface area contributed by atoms with Crippen LogP contribution in [0.1, 0.15) is 90.9 Å². The molecule has 0 unspecified atom stereocenters. The van der Waals surface area contributed by atoms with Crippen LogP contribution in [0.3, 0.4) is 0 Å². The van der Waals surface area contributed by atoms with E-state index in [4.69, 9.17) is 0 Å². The number of hydrogen-bond acceptors (Lipinski definition) is 3. The van der Waals surface area contributed by atoms with Crippen molar-refractivity contribution in [3.8, 4) is 0 Å². The fourth-order valence-electron chi connectivity index (χ4n) is 8.19. The SMILES string of the molecule is C=C1CC[C@H]2[C@H](CNC(=O)C3CCCCC3)[C@@H]([C@@]3(C)CC[C@H](O)C[C@@H]3CO)CC[C@]12C. The molecule has 1 amide bonds. The lowest BCUT2D eigenvalue weighted by molar-refractivity contribution is -0.128. The van der Waals surface area contributed by atoms with Crippen LogP contribution in [-0.4, -0.2) is 35.4 Å². The molecule has 4 saturated carbocycles. The molecule has 0 saturated heterocycles. The average molecular weight is 432 g/mol. The molecule has 3 N–H and O–H groups in total. The normalized spacial score (nSPS) is 44.1. The average Bonchev–Trinajstić information content (AvgIpc) is 3.08. The van der Waals surface area contributed by atoms with Gasteiger partial charge in [-0.05, 0) is 92.3 Å². The summed E-state index contributed by atoms with van der Waals surface area (Å²) in [5.74, 6) is 2.09. The highest BCUT2D eigenvalue weighted by Gasteiger charge is 2.56. The smallest absolute Gasteiger partial charge is 0.223 e. The number of allylic oxidation sites excluding steroid dienone is 1. The van der Waals surface area contributed by atoms with Crippen LogP contribution in [0.25, 0.3) is 0 Å². The van der Waals surface area contributed by atoms with Gasteiger partial charge in [0.2, 0.25) is 5.91 Å². The van der Waals surface area contributed by atoms with Crippen molar-refractivity contribution in [2.45, 2.75) is 97.0 Å². The van der Waals surface area contributed by atoms with Crippen LogP contribution in [0.5, 0.6) is 0 Å². The van der Waals surface area contributed by atoms with Crippen LogP contribution in [0.2, 0.25) is 0 Å². The van der Waals surface area contributed by atoms with E-state index in [1.54, 1.807) is 0 Å². The number of rotatable bonds is 5. The Balaban J connectivity index is 1.56. The van der Waals surface area contributed by atoms with E-state index in [1.165, 1.54) is 37.7 Å². The molecule has 0 aliphatic heterocycles. The molecule has 176 valence electrons. The van der Waals surface area contributed by atoms with E-state index < -0.39 is 0 Å². The van der Waals surface area contributed by atoms with Gasteiger partial charge in [-0.1, -0.05) is 45.3 Å². The Bertz CT molecular complexity index is 671. The van der Waals surface area contributed by atoms with Gasteiger partial charge >= 0.3 is 0 Å². The Labute approximate surface area is 189 Å². The van der Waals surface area contributed by atoms with Crippen molar-refractivity contribution in [2.75, 3.05) is 13.2 Å². The molecular weight excluding hydrogens is 386 g/mol. The van der Waals surface area contributed by atoms with Crippen LogP contribution in [-0.2, 0) is 4.79 Å². The molecule has 4 aliphatic carbocycles. The van der Waals surface area contributed by atoms with Crippen LogP contribution >= 0.6 is 0 Å². The lowest BCUT2D eigenvalue weighted by Gasteiger charge is -2.56. The first kappa shape index (κ1) is 23.3. The molecule has 31 heavy (non-hydrogen) atoms. The Morgan fingerprint density at radius 3 is 2.52 bits per heavy atom. The largest absolute Gasteiger partial charge is 0.396 e. The summed E-state index contributed by atoms with van der Waals surface area (Å²) in [5, 5.41) is 23.9. The van der Waals surface area contributed by atoms with Gasteiger partial charge in [0.25, 0.3) is 0 Å². The molecule has 0 radical (unpaired) electrons. The summed E-state index contributed by atoms with van der Waals surface area (Å²) in [7, 11) is 0. The second-order valence-corrected chi connectivity index (χ2v) is 11.9. The number of amides is 1. The van der Waals surface area contributed by atoms with Crippen LogP contribution in [0.15, 0.2) is 12.2 Å². The maximum absolute atomic E-state index is 13.0. The Morgan fingerprint density at radius 1 is 1.06 bits per heavy atom. The number of aliphatic hydroxyl groups is 2. The summed E-state index contributed by atoms with van der Waals surface area (Å²) in [5.41, 5.74) is 1.62. The van der Waals surface area contributed by atoms with Crippen LogP contribution in [0.4, 0.5) is 0 Å². The highest BCUT2D eigenvalue weighted by atomic mass is 16.3. The van der Waals surface area contributed by atoms with Gasteiger partial charge in [0.05, 0.1) is 6.10 Å². The molecule has 0 aromatic rings. The van der Waals surface area contributed by atoms with Crippen LogP contribution < -0.4 is 5.32 Å². The highest BCUT2D eigenvalue weighted by molar-refractivity contribution is 5.78. The Hall–Kier alpha value is -0.870. The topological polar surface area (TPSA) is 69.6 Å². The fourth-order valence-corrected chi connectivity index (χ4v) is 8.19. The summed E-state index contributed by atoms with van der Waals surface area (Å²) < 4.78 is 0. The summed E-state index contributed by atoms with van der Waals surface area (Å²) in [6.45, 7) is 10.1. The van der Waals surface area contributed by atoms with Gasteiger partial charge < -0.3 is 15.5 Å². The minimum Gasteiger partial charge on any atom is -0.396 e. The Morgan fingerprint density at radius 2 is 1.81 bits per heavy atom. The third-order valence-electron chi connectivity index (χ3n) is 10.5. The first-order valence-corrected chi connectivity index (χ1v) is 13.0. The van der Waals surface area contributed by atoms with Crippen molar-refractivity contribution in [2.24, 2.45) is 40.4 Å². The van der Waals surface area contributed by atoms with E-state index in [1.807, 2.05) is 0 Å². The van der Waals surface area contributed by atoms with E-state index >= 15 is 0 Å². The minimum absolute atomic E-state index is 0.0272. The highest BCUT2D eigenvalue weighted by Crippen LogP contribution is 2.63. The molecule has 4 heteroatoms. The zero-order valence-electron chi connectivity index (χ0n) is 19.9. The molecule has 0 bridgehead atoms. The molecule has 0 spiro atoms. The first-order valence-electron chi connectivity index (χ1n) is 13.0. The van der Waals surface area contributed by atoms with E-state index in [2.05, 4.69) is 25.7 Å². The van der Waals surface area contributed by atoms with Crippen molar-refractivity contribution < 1.29 is 15.0 Å². The third-order valence-corrected chi connectivity index (χ3v) is 10.5. The third kappa shape index (κ3) is 4.24. The van der Waals surface area contributed by atoms with Gasteiger partial charge in [-0.15, -0.1) is 0 Å². The fraction of sp³-hybridized carbons (Fsp3) is 0.889. The summed E-state index contributed by atoms with van der Waals surface area (Å²) in [6, 6.07) is 0. The first-order chi connectivity index (χ1) is 14.8. The van der Waals surface area contributed by atoms with Crippen molar-refractivity contribution in [3.05, 3.63) is 12.2 Å². The van der Waals surface area contributed by atoms with Crippen LogP contribution in [0, 0.1) is 40.4 Å².